The second-order valence-electron chi connectivity index (χ2n) is 3.96. The Hall–Kier alpha value is -2.43. The molecule has 0 aliphatic heterocycles. The van der Waals surface area contributed by atoms with Crippen LogP contribution in [0, 0.1) is 0 Å². The third kappa shape index (κ3) is 3.28. The maximum atomic E-state index is 11.7. The molecule has 0 unspecified atom stereocenters. The molecule has 0 N–H and O–H groups in total. The van der Waals surface area contributed by atoms with Gasteiger partial charge in [-0.3, -0.25) is 0 Å². The molecule has 0 spiro atoms. The minimum Gasteiger partial charge on any atom is -0.638 e. The number of nitrogens with zero attached hydrogens (tertiary/aromatic N) is 4. The Kier molecular flexibility index (Phi) is 3.52. The molecule has 0 aliphatic carbocycles. The first-order valence-electron chi connectivity index (χ1n) is 5.51. The van der Waals surface area contributed by atoms with E-state index in [0.29, 0.717) is 11.4 Å². The molecular formula is C13H14N4O. The molecule has 0 bridgehead atoms. The fraction of sp³-hybridized carbons (Fsp3) is 0.154. The predicted molar refractivity (Wildman–Crippen MR) is 66.7 cm³/mol. The van der Waals surface area contributed by atoms with E-state index in [1.54, 1.807) is 24.5 Å². The molecule has 5 nitrogen and oxygen atoms in total. The highest BCUT2D eigenvalue weighted by Crippen LogP contribution is 2.23. The zero-order valence-corrected chi connectivity index (χ0v) is 10.3. The third-order valence-electron chi connectivity index (χ3n) is 2.30. The molecule has 0 atom stereocenters. The lowest BCUT2D eigenvalue weighted by Gasteiger charge is -2.29. The zero-order valence-electron chi connectivity index (χ0n) is 10.3. The topological polar surface area (TPSA) is 53.0 Å². The van der Waals surface area contributed by atoms with Crippen LogP contribution in [-0.2, 0) is 14.1 Å². The highest BCUT2D eigenvalue weighted by molar-refractivity contribution is 6.08. The summed E-state index contributed by atoms with van der Waals surface area (Å²) in [6.45, 7) is 0. The van der Waals surface area contributed by atoms with E-state index >= 15 is 0 Å². The van der Waals surface area contributed by atoms with E-state index in [2.05, 4.69) is 10.6 Å². The first-order chi connectivity index (χ1) is 8.63. The average molecular weight is 242 g/mol. The van der Waals surface area contributed by atoms with E-state index in [-0.39, 0.29) is 0 Å². The van der Waals surface area contributed by atoms with E-state index in [1.807, 2.05) is 47.8 Å². The van der Waals surface area contributed by atoms with Crippen molar-refractivity contribution in [2.24, 2.45) is 14.1 Å². The Morgan fingerprint density at radius 3 is 1.78 bits per heavy atom. The van der Waals surface area contributed by atoms with E-state index in [4.69, 9.17) is 0 Å². The van der Waals surface area contributed by atoms with Crippen LogP contribution in [0.3, 0.4) is 0 Å². The summed E-state index contributed by atoms with van der Waals surface area (Å²) in [5, 5.41) is 7.82. The predicted octanol–water partition coefficient (Wildman–Crippen LogP) is 2.17. The minimum absolute atomic E-state index is 0.507. The number of aromatic nitrogens is 2. The number of pyridine rings is 2. The van der Waals surface area contributed by atoms with Gasteiger partial charge in [-0.05, 0) is 6.03 Å². The SMILES string of the molecule is C[n+]1cccc([N-]C(=O)[N-]c2ccc[n+](C)c2)c1. The molecule has 2 rings (SSSR count). The summed E-state index contributed by atoms with van der Waals surface area (Å²) in [4.78, 5) is 11.7. The van der Waals surface area contributed by atoms with Crippen LogP contribution in [0.2, 0.25) is 0 Å². The smallest absolute Gasteiger partial charge is 0.168 e. The molecule has 0 saturated heterocycles. The van der Waals surface area contributed by atoms with Crippen LogP contribution in [0.4, 0.5) is 16.2 Å². The number of rotatable bonds is 2. The van der Waals surface area contributed by atoms with Gasteiger partial charge in [0.15, 0.2) is 24.8 Å². The Bertz CT molecular complexity index is 519. The molecule has 5 heteroatoms. The monoisotopic (exact) mass is 242 g/mol. The summed E-state index contributed by atoms with van der Waals surface area (Å²) in [6.07, 6.45) is 7.27. The Morgan fingerprint density at radius 2 is 1.39 bits per heavy atom. The van der Waals surface area contributed by atoms with Crippen molar-refractivity contribution in [3.05, 3.63) is 59.7 Å². The van der Waals surface area contributed by atoms with Crippen molar-refractivity contribution in [1.29, 1.82) is 0 Å². The molecule has 0 fully saturated rings. The van der Waals surface area contributed by atoms with Gasteiger partial charge in [-0.25, -0.2) is 9.13 Å². The number of aryl methyl sites for hydroxylation is 2. The van der Waals surface area contributed by atoms with E-state index < -0.39 is 6.03 Å². The standard InChI is InChI=1S/C13H14N4O/c1-16-7-3-5-11(9-16)14-13(18)15-12-6-4-8-17(2)10-12/h3-10H,1-2H3. The van der Waals surface area contributed by atoms with Crippen LogP contribution in [-0.4, -0.2) is 6.03 Å². The first-order valence-corrected chi connectivity index (χ1v) is 5.51. The van der Waals surface area contributed by atoms with Crippen molar-refractivity contribution in [3.63, 3.8) is 0 Å². The molecule has 18 heavy (non-hydrogen) atoms. The maximum absolute atomic E-state index is 11.7. The van der Waals surface area contributed by atoms with Crippen LogP contribution in [0.15, 0.2) is 49.1 Å². The number of urea groups is 1. The highest BCUT2D eigenvalue weighted by Gasteiger charge is 1.90. The lowest BCUT2D eigenvalue weighted by atomic mass is 10.4. The summed E-state index contributed by atoms with van der Waals surface area (Å²) in [5.74, 6) is 0. The molecule has 0 saturated carbocycles. The number of hydrogen-bond donors (Lipinski definition) is 0. The molecular weight excluding hydrogens is 228 g/mol. The molecule has 0 radical (unpaired) electrons. The van der Waals surface area contributed by atoms with Crippen molar-refractivity contribution in [2.45, 2.75) is 0 Å². The van der Waals surface area contributed by atoms with Gasteiger partial charge in [0, 0.05) is 12.1 Å². The van der Waals surface area contributed by atoms with Crippen LogP contribution >= 0.6 is 0 Å². The molecule has 2 aromatic heterocycles. The fourth-order valence-electron chi connectivity index (χ4n) is 1.52. The summed E-state index contributed by atoms with van der Waals surface area (Å²) >= 11 is 0. The Morgan fingerprint density at radius 1 is 0.944 bits per heavy atom. The Labute approximate surface area is 106 Å². The van der Waals surface area contributed by atoms with Crippen LogP contribution in [0.1, 0.15) is 0 Å². The lowest BCUT2D eigenvalue weighted by Crippen LogP contribution is -2.26. The highest BCUT2D eigenvalue weighted by atomic mass is 16.2. The second-order valence-corrected chi connectivity index (χ2v) is 3.96. The van der Waals surface area contributed by atoms with Crippen molar-refractivity contribution in [2.75, 3.05) is 0 Å². The first kappa shape index (κ1) is 12.0. The summed E-state index contributed by atoms with van der Waals surface area (Å²) in [5.41, 5.74) is 1.18. The molecule has 2 aromatic rings. The quantitative estimate of drug-likeness (QED) is 0.744. The number of carbonyl (C=O) groups is 1. The second kappa shape index (κ2) is 5.27. The molecule has 92 valence electrons. The fourth-order valence-corrected chi connectivity index (χ4v) is 1.52. The molecule has 0 aromatic carbocycles. The van der Waals surface area contributed by atoms with Gasteiger partial charge in [-0.15, -0.1) is 0 Å². The summed E-state index contributed by atoms with van der Waals surface area (Å²) in [6, 6.07) is 6.67. The van der Waals surface area contributed by atoms with Gasteiger partial charge in [-0.2, -0.15) is 0 Å². The average Bonchev–Trinajstić information content (AvgIpc) is 2.28. The summed E-state index contributed by atoms with van der Waals surface area (Å²) in [7, 11) is 3.75. The van der Waals surface area contributed by atoms with Crippen molar-refractivity contribution < 1.29 is 13.9 Å². The van der Waals surface area contributed by atoms with Crippen LogP contribution in [0.5, 0.6) is 0 Å². The van der Waals surface area contributed by atoms with Crippen LogP contribution in [0.25, 0.3) is 10.6 Å². The van der Waals surface area contributed by atoms with Gasteiger partial charge in [0.2, 0.25) is 0 Å². The number of carbonyl (C=O) groups excluding carboxylic acids is 1. The van der Waals surface area contributed by atoms with Gasteiger partial charge < -0.3 is 15.4 Å². The van der Waals surface area contributed by atoms with E-state index in [9.17, 15) is 4.79 Å². The van der Waals surface area contributed by atoms with E-state index in [1.165, 1.54) is 0 Å². The van der Waals surface area contributed by atoms with Crippen molar-refractivity contribution >= 4 is 17.4 Å². The normalized spacial score (nSPS) is 9.89. The zero-order chi connectivity index (χ0) is 13.0. The maximum Gasteiger partial charge on any atom is 0.168 e. The largest absolute Gasteiger partial charge is 0.638 e. The number of hydrogen-bond acceptors (Lipinski definition) is 1. The summed E-state index contributed by atoms with van der Waals surface area (Å²) < 4.78 is 3.66. The molecule has 0 aliphatic rings. The van der Waals surface area contributed by atoms with Gasteiger partial charge >= 0.3 is 0 Å². The van der Waals surface area contributed by atoms with Gasteiger partial charge in [0.25, 0.3) is 0 Å². The van der Waals surface area contributed by atoms with Crippen molar-refractivity contribution in [3.8, 4) is 0 Å². The van der Waals surface area contributed by atoms with Gasteiger partial charge in [0.05, 0.1) is 0 Å². The molecule has 2 heterocycles. The van der Waals surface area contributed by atoms with E-state index in [0.717, 1.165) is 0 Å². The number of amides is 2. The Balaban J connectivity index is 2.01. The third-order valence-corrected chi connectivity index (χ3v) is 2.30. The lowest BCUT2D eigenvalue weighted by molar-refractivity contribution is -0.670. The minimum atomic E-state index is -0.507. The molecule has 2 amide bonds. The van der Waals surface area contributed by atoms with Crippen molar-refractivity contribution in [1.82, 2.24) is 0 Å². The van der Waals surface area contributed by atoms with Crippen LogP contribution < -0.4 is 9.13 Å². The van der Waals surface area contributed by atoms with Gasteiger partial charge in [0.1, 0.15) is 14.1 Å². The van der Waals surface area contributed by atoms with Gasteiger partial charge in [-0.1, -0.05) is 23.5 Å².